The van der Waals surface area contributed by atoms with Gasteiger partial charge in [-0.3, -0.25) is 5.10 Å². The fourth-order valence-electron chi connectivity index (χ4n) is 3.22. The van der Waals surface area contributed by atoms with Crippen molar-refractivity contribution < 1.29 is 0 Å². The lowest BCUT2D eigenvalue weighted by Gasteiger charge is -2.33. The molecule has 0 radical (unpaired) electrons. The van der Waals surface area contributed by atoms with E-state index in [1.165, 1.54) is 11.1 Å². The van der Waals surface area contributed by atoms with Crippen LogP contribution in [0.1, 0.15) is 17.5 Å². The Kier molecular flexibility index (Phi) is 2.84. The fraction of sp³-hybridized carbons (Fsp3) is 0.312. The first-order chi connectivity index (χ1) is 10.3. The van der Waals surface area contributed by atoms with E-state index in [9.17, 15) is 0 Å². The van der Waals surface area contributed by atoms with Crippen molar-refractivity contribution in [3.05, 3.63) is 47.9 Å². The molecule has 0 bridgehead atoms. The molecule has 5 nitrogen and oxygen atoms in total. The third kappa shape index (κ3) is 2.05. The second-order valence-electron chi connectivity index (χ2n) is 5.61. The predicted molar refractivity (Wildman–Crippen MR) is 82.3 cm³/mol. The highest BCUT2D eigenvalue weighted by atomic mass is 15.2. The number of H-pyrrole nitrogens is 1. The summed E-state index contributed by atoms with van der Waals surface area (Å²) in [6, 6.07) is 9.20. The number of benzene rings is 1. The van der Waals surface area contributed by atoms with E-state index in [2.05, 4.69) is 56.4 Å². The number of anilines is 1. The van der Waals surface area contributed by atoms with Crippen molar-refractivity contribution in [1.82, 2.24) is 20.2 Å². The van der Waals surface area contributed by atoms with Crippen LogP contribution in [0.2, 0.25) is 0 Å². The maximum atomic E-state index is 4.47. The molecule has 1 unspecified atom stereocenters. The summed E-state index contributed by atoms with van der Waals surface area (Å²) in [4.78, 5) is 10.9. The number of nitrogens with one attached hydrogen (secondary N) is 1. The maximum absolute atomic E-state index is 4.47. The normalized spacial score (nSPS) is 17.7. The summed E-state index contributed by atoms with van der Waals surface area (Å²) in [5.74, 6) is 0.957. The minimum absolute atomic E-state index is 0.466. The predicted octanol–water partition coefficient (Wildman–Crippen LogP) is 2.35. The van der Waals surface area contributed by atoms with E-state index in [4.69, 9.17) is 0 Å². The van der Waals surface area contributed by atoms with E-state index in [-0.39, 0.29) is 0 Å². The molecule has 0 amide bonds. The van der Waals surface area contributed by atoms with Gasteiger partial charge in [-0.2, -0.15) is 5.10 Å². The van der Waals surface area contributed by atoms with Crippen molar-refractivity contribution in [2.45, 2.75) is 25.3 Å². The standard InChI is InChI=1S/C16H17N5/c1-21(16-14-9-19-20-15(14)17-10-18-16)13-7-6-11-4-2-3-5-12(11)8-13/h2-5,9-10,13H,6-8H2,1H3,(H,17,18,19,20). The average molecular weight is 279 g/mol. The molecular formula is C16H17N5. The van der Waals surface area contributed by atoms with E-state index in [1.54, 1.807) is 12.5 Å². The lowest BCUT2D eigenvalue weighted by Crippen LogP contribution is -2.37. The number of fused-ring (bicyclic) bond motifs is 2. The molecule has 0 saturated heterocycles. The van der Waals surface area contributed by atoms with Crippen LogP contribution in [0.5, 0.6) is 0 Å². The molecule has 0 spiro atoms. The Morgan fingerprint density at radius 3 is 2.95 bits per heavy atom. The van der Waals surface area contributed by atoms with Gasteiger partial charge in [-0.05, 0) is 30.4 Å². The van der Waals surface area contributed by atoms with E-state index in [0.717, 1.165) is 36.1 Å². The van der Waals surface area contributed by atoms with Gasteiger partial charge in [0.05, 0.1) is 11.6 Å². The Labute approximate surface area is 123 Å². The Hall–Kier alpha value is -2.43. The number of likely N-dealkylation sites (N-methyl/N-ethyl adjacent to an activating group) is 1. The highest BCUT2D eigenvalue weighted by Crippen LogP contribution is 2.28. The van der Waals surface area contributed by atoms with Gasteiger partial charge in [0, 0.05) is 13.1 Å². The second-order valence-corrected chi connectivity index (χ2v) is 5.61. The number of aromatic nitrogens is 4. The molecule has 0 saturated carbocycles. The van der Waals surface area contributed by atoms with E-state index in [0.29, 0.717) is 6.04 Å². The van der Waals surface area contributed by atoms with Gasteiger partial charge in [0.25, 0.3) is 0 Å². The molecule has 1 aliphatic carbocycles. The lowest BCUT2D eigenvalue weighted by atomic mass is 9.87. The van der Waals surface area contributed by atoms with Crippen LogP contribution >= 0.6 is 0 Å². The summed E-state index contributed by atoms with van der Waals surface area (Å²) in [7, 11) is 2.12. The van der Waals surface area contributed by atoms with Crippen LogP contribution < -0.4 is 4.90 Å². The first-order valence-corrected chi connectivity index (χ1v) is 7.26. The Bertz CT molecular complexity index is 779. The average Bonchev–Trinajstić information content (AvgIpc) is 3.02. The van der Waals surface area contributed by atoms with Gasteiger partial charge < -0.3 is 4.90 Å². The summed E-state index contributed by atoms with van der Waals surface area (Å²) in [6.07, 6.45) is 6.75. The second kappa shape index (κ2) is 4.84. The Morgan fingerprint density at radius 1 is 1.19 bits per heavy atom. The van der Waals surface area contributed by atoms with E-state index >= 15 is 0 Å². The molecule has 106 valence electrons. The number of nitrogens with zero attached hydrogens (tertiary/aromatic N) is 4. The van der Waals surface area contributed by atoms with Crippen LogP contribution in [0, 0.1) is 0 Å². The van der Waals surface area contributed by atoms with Crippen LogP contribution in [0.15, 0.2) is 36.8 Å². The largest absolute Gasteiger partial charge is 0.356 e. The zero-order valence-corrected chi connectivity index (χ0v) is 12.0. The molecule has 2 heterocycles. The Morgan fingerprint density at radius 2 is 2.05 bits per heavy atom. The van der Waals surface area contributed by atoms with Crippen LogP contribution in [-0.4, -0.2) is 33.3 Å². The first-order valence-electron chi connectivity index (χ1n) is 7.26. The SMILES string of the molecule is CN(c1ncnc2[nH]ncc12)C1CCc2ccccc2C1. The van der Waals surface area contributed by atoms with Gasteiger partial charge in [0.2, 0.25) is 0 Å². The molecule has 5 heteroatoms. The highest BCUT2D eigenvalue weighted by Gasteiger charge is 2.24. The van der Waals surface area contributed by atoms with Crippen molar-refractivity contribution >= 4 is 16.9 Å². The number of rotatable bonds is 2. The molecule has 1 aliphatic rings. The fourth-order valence-corrected chi connectivity index (χ4v) is 3.22. The summed E-state index contributed by atoms with van der Waals surface area (Å²) >= 11 is 0. The molecule has 1 N–H and O–H groups in total. The quantitative estimate of drug-likeness (QED) is 0.782. The minimum Gasteiger partial charge on any atom is -0.356 e. The third-order valence-electron chi connectivity index (χ3n) is 4.43. The van der Waals surface area contributed by atoms with Crippen molar-refractivity contribution in [2.75, 3.05) is 11.9 Å². The van der Waals surface area contributed by atoms with Gasteiger partial charge in [0.1, 0.15) is 12.1 Å². The zero-order valence-electron chi connectivity index (χ0n) is 12.0. The molecule has 2 aromatic heterocycles. The van der Waals surface area contributed by atoms with Crippen LogP contribution in [0.4, 0.5) is 5.82 Å². The number of hydrogen-bond acceptors (Lipinski definition) is 4. The zero-order chi connectivity index (χ0) is 14.2. The van der Waals surface area contributed by atoms with E-state index in [1.807, 2.05) is 0 Å². The third-order valence-corrected chi connectivity index (χ3v) is 4.43. The van der Waals surface area contributed by atoms with Crippen molar-refractivity contribution in [3.63, 3.8) is 0 Å². The maximum Gasteiger partial charge on any atom is 0.160 e. The minimum atomic E-state index is 0.466. The van der Waals surface area contributed by atoms with Gasteiger partial charge in [-0.15, -0.1) is 0 Å². The first kappa shape index (κ1) is 12.3. The molecule has 0 aliphatic heterocycles. The van der Waals surface area contributed by atoms with Crippen LogP contribution in [0.25, 0.3) is 11.0 Å². The van der Waals surface area contributed by atoms with Crippen molar-refractivity contribution in [1.29, 1.82) is 0 Å². The Balaban J connectivity index is 1.67. The summed E-state index contributed by atoms with van der Waals surface area (Å²) in [5, 5.41) is 7.96. The topological polar surface area (TPSA) is 57.7 Å². The van der Waals surface area contributed by atoms with Crippen LogP contribution in [0.3, 0.4) is 0 Å². The summed E-state index contributed by atoms with van der Waals surface area (Å²) in [5.41, 5.74) is 3.74. The van der Waals surface area contributed by atoms with Crippen LogP contribution in [-0.2, 0) is 12.8 Å². The van der Waals surface area contributed by atoms with Crippen molar-refractivity contribution in [3.8, 4) is 0 Å². The van der Waals surface area contributed by atoms with E-state index < -0.39 is 0 Å². The molecule has 1 atom stereocenters. The number of hydrogen-bond donors (Lipinski definition) is 1. The van der Waals surface area contributed by atoms with Gasteiger partial charge in [-0.1, -0.05) is 24.3 Å². The molecule has 0 fully saturated rings. The van der Waals surface area contributed by atoms with Crippen molar-refractivity contribution in [2.24, 2.45) is 0 Å². The summed E-state index contributed by atoms with van der Waals surface area (Å²) in [6.45, 7) is 0. The molecule has 1 aromatic carbocycles. The molecule has 4 rings (SSSR count). The number of aromatic amines is 1. The van der Waals surface area contributed by atoms with Gasteiger partial charge in [0.15, 0.2) is 5.65 Å². The molecule has 3 aromatic rings. The highest BCUT2D eigenvalue weighted by molar-refractivity contribution is 5.86. The molecule has 21 heavy (non-hydrogen) atoms. The smallest absolute Gasteiger partial charge is 0.160 e. The van der Waals surface area contributed by atoms with Gasteiger partial charge in [-0.25, -0.2) is 9.97 Å². The monoisotopic (exact) mass is 279 g/mol. The van der Waals surface area contributed by atoms with Gasteiger partial charge >= 0.3 is 0 Å². The molecular weight excluding hydrogens is 262 g/mol. The summed E-state index contributed by atoms with van der Waals surface area (Å²) < 4.78 is 0. The lowest BCUT2D eigenvalue weighted by molar-refractivity contribution is 0.545. The number of aryl methyl sites for hydroxylation is 1.